The number of aliphatic hydroxyl groups is 1. The van der Waals surface area contributed by atoms with Crippen LogP contribution in [0.25, 0.3) is 0 Å². The lowest BCUT2D eigenvalue weighted by Gasteiger charge is -2.53. The lowest BCUT2D eigenvalue weighted by molar-refractivity contribution is -0.185. The number of likely N-dealkylation sites (N-methyl/N-ethyl adjacent to an activating group) is 1. The first-order valence-electron chi connectivity index (χ1n) is 10.0. The Hall–Kier alpha value is -2.52. The van der Waals surface area contributed by atoms with Gasteiger partial charge < -0.3 is 10.8 Å². The molecule has 4 rings (SSSR count). The highest BCUT2D eigenvalue weighted by atomic mass is 16.3. The molecule has 4 aliphatic rings. The number of carbonyl (C=O) groups excluding carboxylic acids is 6. The Bertz CT molecular complexity index is 922. The molecule has 0 aliphatic heterocycles. The molecular formula is C21H24N2O7. The second-order valence-corrected chi connectivity index (χ2v) is 9.10. The third-order valence-electron chi connectivity index (χ3n) is 7.32. The minimum absolute atomic E-state index is 0.0791. The molecule has 160 valence electrons. The van der Waals surface area contributed by atoms with E-state index in [2.05, 4.69) is 0 Å². The van der Waals surface area contributed by atoms with Crippen LogP contribution in [0.2, 0.25) is 0 Å². The van der Waals surface area contributed by atoms with E-state index in [4.69, 9.17) is 5.73 Å². The van der Waals surface area contributed by atoms with Crippen molar-refractivity contribution in [3.8, 4) is 0 Å². The molecule has 8 unspecified atom stereocenters. The molecule has 3 fully saturated rings. The molecule has 0 heterocycles. The van der Waals surface area contributed by atoms with Crippen LogP contribution in [0.4, 0.5) is 0 Å². The van der Waals surface area contributed by atoms with Crippen molar-refractivity contribution in [3.05, 3.63) is 12.2 Å². The molecular weight excluding hydrogens is 392 g/mol. The van der Waals surface area contributed by atoms with Gasteiger partial charge in [-0.2, -0.15) is 0 Å². The molecule has 0 aromatic heterocycles. The summed E-state index contributed by atoms with van der Waals surface area (Å²) in [5.41, 5.74) is 2.59. The molecule has 0 spiro atoms. The lowest BCUT2D eigenvalue weighted by Crippen LogP contribution is -2.74. The number of fused-ring (bicyclic) bond motifs is 3. The number of Topliss-reactive ketones (excluding diaryl/α,β-unsaturated/α-hetero) is 5. The number of hydrogen-bond acceptors (Lipinski definition) is 8. The number of ketones is 5. The molecule has 9 nitrogen and oxygen atoms in total. The SMILES string of the molecule is CN(C)C1C(=O)C(C(N)=O)C(=O)C2(O)C(=O)C3C(=O)C4C(=O)CC=CC4CC3CC12. The zero-order valence-electron chi connectivity index (χ0n) is 16.7. The standard InChI is InChI=1S/C21H24N2O7/c1-23(2)15-10-7-9-6-8-4-3-5-11(24)12(8)16(25)13(9)18(27)21(10,30)19(28)14(17(15)26)20(22)29/h3-4,8-10,12-15,30H,5-7H2,1-2H3,(H2,22,29). The Kier molecular flexibility index (Phi) is 4.66. The predicted molar refractivity (Wildman–Crippen MR) is 101 cm³/mol. The molecule has 0 bridgehead atoms. The summed E-state index contributed by atoms with van der Waals surface area (Å²) in [7, 11) is 3.11. The van der Waals surface area contributed by atoms with Crippen LogP contribution >= 0.6 is 0 Å². The smallest absolute Gasteiger partial charge is 0.235 e. The van der Waals surface area contributed by atoms with Crippen molar-refractivity contribution >= 4 is 34.8 Å². The van der Waals surface area contributed by atoms with E-state index < -0.39 is 70.3 Å². The average Bonchev–Trinajstić information content (AvgIpc) is 2.64. The number of hydrogen-bond donors (Lipinski definition) is 2. The van der Waals surface area contributed by atoms with Gasteiger partial charge in [0.05, 0.1) is 17.9 Å². The Balaban J connectivity index is 1.81. The zero-order valence-corrected chi connectivity index (χ0v) is 16.7. The molecule has 1 amide bonds. The Morgan fingerprint density at radius 2 is 1.73 bits per heavy atom. The normalized spacial score (nSPS) is 43.3. The van der Waals surface area contributed by atoms with Gasteiger partial charge >= 0.3 is 0 Å². The van der Waals surface area contributed by atoms with E-state index in [1.807, 2.05) is 6.08 Å². The molecule has 0 radical (unpaired) electrons. The summed E-state index contributed by atoms with van der Waals surface area (Å²) in [6, 6.07) is -1.08. The van der Waals surface area contributed by atoms with E-state index in [1.54, 1.807) is 20.2 Å². The number of carbonyl (C=O) groups is 6. The topological polar surface area (TPSA) is 152 Å². The third-order valence-corrected chi connectivity index (χ3v) is 7.32. The zero-order chi connectivity index (χ0) is 22.1. The van der Waals surface area contributed by atoms with Gasteiger partial charge in [-0.05, 0) is 38.8 Å². The van der Waals surface area contributed by atoms with Gasteiger partial charge in [0.25, 0.3) is 0 Å². The van der Waals surface area contributed by atoms with E-state index in [-0.39, 0.29) is 24.5 Å². The van der Waals surface area contributed by atoms with Gasteiger partial charge in [0.15, 0.2) is 34.7 Å². The molecule has 0 aromatic carbocycles. The maximum absolute atomic E-state index is 13.5. The Morgan fingerprint density at radius 3 is 2.33 bits per heavy atom. The van der Waals surface area contributed by atoms with E-state index >= 15 is 0 Å². The minimum atomic E-state index is -2.67. The summed E-state index contributed by atoms with van der Waals surface area (Å²) >= 11 is 0. The number of amides is 1. The molecule has 30 heavy (non-hydrogen) atoms. The maximum atomic E-state index is 13.5. The van der Waals surface area contributed by atoms with E-state index in [0.717, 1.165) is 0 Å². The monoisotopic (exact) mass is 416 g/mol. The first-order valence-corrected chi connectivity index (χ1v) is 10.0. The van der Waals surface area contributed by atoms with Gasteiger partial charge in [0, 0.05) is 12.3 Å². The first kappa shape index (κ1) is 20.7. The van der Waals surface area contributed by atoms with Crippen molar-refractivity contribution < 1.29 is 33.9 Å². The fraction of sp³-hybridized carbons (Fsp3) is 0.619. The molecule has 3 saturated carbocycles. The van der Waals surface area contributed by atoms with Gasteiger partial charge in [-0.3, -0.25) is 33.7 Å². The summed E-state index contributed by atoms with van der Waals surface area (Å²) < 4.78 is 0. The fourth-order valence-electron chi connectivity index (χ4n) is 6.09. The van der Waals surface area contributed by atoms with Crippen LogP contribution in [-0.4, -0.2) is 70.6 Å². The number of nitrogens with two attached hydrogens (primary N) is 1. The van der Waals surface area contributed by atoms with Crippen LogP contribution in [-0.2, 0) is 28.8 Å². The summed E-state index contributed by atoms with van der Waals surface area (Å²) in [6.07, 6.45) is 4.09. The fourth-order valence-corrected chi connectivity index (χ4v) is 6.09. The summed E-state index contributed by atoms with van der Waals surface area (Å²) in [5, 5.41) is 11.4. The quantitative estimate of drug-likeness (QED) is 0.406. The van der Waals surface area contributed by atoms with Crippen molar-refractivity contribution in [2.24, 2.45) is 41.2 Å². The van der Waals surface area contributed by atoms with Crippen LogP contribution in [0, 0.1) is 35.5 Å². The second-order valence-electron chi connectivity index (χ2n) is 9.10. The van der Waals surface area contributed by atoms with Crippen LogP contribution in [0.5, 0.6) is 0 Å². The highest BCUT2D eigenvalue weighted by Crippen LogP contribution is 2.52. The number of nitrogens with zero attached hydrogens (tertiary/aromatic N) is 1. The van der Waals surface area contributed by atoms with Crippen molar-refractivity contribution in [1.29, 1.82) is 0 Å². The predicted octanol–water partition coefficient (Wildman–Crippen LogP) is -1.54. The molecule has 9 heteroatoms. The van der Waals surface area contributed by atoms with Crippen LogP contribution in [0.3, 0.4) is 0 Å². The summed E-state index contributed by atoms with van der Waals surface area (Å²) in [6.45, 7) is 0. The first-order chi connectivity index (χ1) is 14.0. The highest BCUT2D eigenvalue weighted by molar-refractivity contribution is 6.32. The number of rotatable bonds is 2. The second kappa shape index (κ2) is 6.75. The van der Waals surface area contributed by atoms with Gasteiger partial charge in [-0.15, -0.1) is 0 Å². The van der Waals surface area contributed by atoms with Crippen molar-refractivity contribution in [2.75, 3.05) is 14.1 Å². The maximum Gasteiger partial charge on any atom is 0.235 e. The van der Waals surface area contributed by atoms with Gasteiger partial charge in [-0.1, -0.05) is 12.2 Å². The lowest BCUT2D eigenvalue weighted by atomic mass is 9.50. The van der Waals surface area contributed by atoms with Crippen molar-refractivity contribution in [3.63, 3.8) is 0 Å². The van der Waals surface area contributed by atoms with Crippen LogP contribution < -0.4 is 5.73 Å². The Labute approximate surface area is 172 Å². The average molecular weight is 416 g/mol. The third kappa shape index (κ3) is 2.54. The molecule has 0 saturated heterocycles. The molecule has 8 atom stereocenters. The summed E-state index contributed by atoms with van der Waals surface area (Å²) in [4.78, 5) is 78.2. The van der Waals surface area contributed by atoms with Crippen molar-refractivity contribution in [1.82, 2.24) is 4.90 Å². The summed E-state index contributed by atoms with van der Waals surface area (Å²) in [5.74, 6) is -11.2. The molecule has 0 aromatic rings. The molecule has 4 aliphatic carbocycles. The molecule has 3 N–H and O–H groups in total. The minimum Gasteiger partial charge on any atom is -0.374 e. The van der Waals surface area contributed by atoms with Gasteiger partial charge in [0.1, 0.15) is 5.78 Å². The van der Waals surface area contributed by atoms with E-state index in [9.17, 15) is 33.9 Å². The van der Waals surface area contributed by atoms with E-state index in [1.165, 1.54) is 4.90 Å². The number of primary amides is 1. The van der Waals surface area contributed by atoms with E-state index in [0.29, 0.717) is 6.42 Å². The number of allylic oxidation sites excluding steroid dienone is 2. The Morgan fingerprint density at radius 1 is 1.07 bits per heavy atom. The largest absolute Gasteiger partial charge is 0.374 e. The van der Waals surface area contributed by atoms with Gasteiger partial charge in [0.2, 0.25) is 5.91 Å². The highest BCUT2D eigenvalue weighted by Gasteiger charge is 2.70. The van der Waals surface area contributed by atoms with Crippen molar-refractivity contribution in [2.45, 2.75) is 30.9 Å². The van der Waals surface area contributed by atoms with Crippen LogP contribution in [0.15, 0.2) is 12.2 Å². The van der Waals surface area contributed by atoms with Crippen LogP contribution in [0.1, 0.15) is 19.3 Å². The van der Waals surface area contributed by atoms with Gasteiger partial charge in [-0.25, -0.2) is 0 Å².